The second-order valence-electron chi connectivity index (χ2n) is 24.2. The molecule has 2 rings (SSSR count). The molecule has 2 aliphatic rings. The number of rotatable bonds is 2. The summed E-state index contributed by atoms with van der Waals surface area (Å²) in [6.45, 7) is 57.3. The first-order chi connectivity index (χ1) is 20.2. The van der Waals surface area contributed by atoms with E-state index < -0.39 is 12.2 Å². The normalized spacial score (nSPS) is 26.1. The van der Waals surface area contributed by atoms with E-state index in [1.807, 2.05) is 0 Å². The fourth-order valence-electron chi connectivity index (χ4n) is 11.7. The second-order valence-corrected chi connectivity index (χ2v) is 26.6. The molecule has 3 heteroatoms. The minimum atomic E-state index is -0.604. The summed E-state index contributed by atoms with van der Waals surface area (Å²) in [5.74, 6) is 0. The Kier molecular flexibility index (Phi) is 10.7. The summed E-state index contributed by atoms with van der Waals surface area (Å²) in [7, 11) is 0. The van der Waals surface area contributed by atoms with E-state index in [2.05, 4.69) is 178 Å². The van der Waals surface area contributed by atoms with Crippen molar-refractivity contribution in [3.05, 3.63) is 21.1 Å². The monoisotopic (exact) mass is 723 g/mol. The van der Waals surface area contributed by atoms with Crippen molar-refractivity contribution in [2.45, 2.75) is 191 Å². The van der Waals surface area contributed by atoms with Crippen LogP contribution in [0.15, 0.2) is 21.1 Å². The first-order valence-electron chi connectivity index (χ1n) is 18.6. The van der Waals surface area contributed by atoms with Crippen LogP contribution in [0.2, 0.25) is 0 Å². The predicted molar refractivity (Wildman–Crippen MR) is 209 cm³/mol. The van der Waals surface area contributed by atoms with Crippen LogP contribution in [-0.2, 0) is 0 Å². The molecule has 0 radical (unpaired) electrons. The zero-order valence-corrected chi connectivity index (χ0v) is 37.7. The van der Waals surface area contributed by atoms with Crippen molar-refractivity contribution in [3.8, 4) is 0 Å². The molecule has 0 bridgehead atoms. The Labute approximate surface area is 301 Å². The maximum atomic E-state index is 13.1. The van der Waals surface area contributed by atoms with E-state index in [0.717, 1.165) is 12.8 Å². The molecule has 0 spiro atoms. The molecule has 2 nitrogen and oxygen atoms in total. The molecule has 276 valence electrons. The van der Waals surface area contributed by atoms with E-state index >= 15 is 0 Å². The van der Waals surface area contributed by atoms with Gasteiger partial charge in [-0.1, -0.05) is 0 Å². The summed E-state index contributed by atoms with van der Waals surface area (Å²) in [5, 5.41) is 26.1. The van der Waals surface area contributed by atoms with E-state index in [-0.39, 0.29) is 79.9 Å². The third-order valence-corrected chi connectivity index (χ3v) is 16.7. The van der Waals surface area contributed by atoms with Gasteiger partial charge in [0.1, 0.15) is 0 Å². The maximum absolute atomic E-state index is 13.1. The van der Waals surface area contributed by atoms with Gasteiger partial charge >= 0.3 is 302 Å². The molecule has 0 fully saturated rings. The van der Waals surface area contributed by atoms with Crippen LogP contribution in [-0.4, -0.2) is 37.4 Å². The quantitative estimate of drug-likeness (QED) is 0.279. The van der Waals surface area contributed by atoms with Crippen molar-refractivity contribution in [1.29, 1.82) is 0 Å². The molecule has 47 heavy (non-hydrogen) atoms. The molecule has 2 unspecified atom stereocenters. The summed E-state index contributed by atoms with van der Waals surface area (Å²) in [6, 6.07) is 0. The standard InChI is InChI=1S/C44H82O2Se/c1-33(2,3)41(34(4,5)6)25-29(31(45)43(27-41,37(13,14)15)38(16,17)18)47-30-26-42(35(7,8)9,36(10,11)12)28-44(32(30)46,39(19,20)21)40(22,23)24/h25-26,31-32,45-46H,27-28H2,1-24H3. The molecule has 0 amide bonds. The van der Waals surface area contributed by atoms with Crippen molar-refractivity contribution in [1.82, 2.24) is 0 Å². The molecular weight excluding hydrogens is 639 g/mol. The van der Waals surface area contributed by atoms with Gasteiger partial charge in [0.25, 0.3) is 0 Å². The zero-order valence-electron chi connectivity index (χ0n) is 36.0. The number of aliphatic hydroxyl groups excluding tert-OH is 2. The molecule has 2 aliphatic carbocycles. The average Bonchev–Trinajstić information content (AvgIpc) is 2.75. The van der Waals surface area contributed by atoms with E-state index in [1.165, 1.54) is 8.94 Å². The van der Waals surface area contributed by atoms with Crippen LogP contribution in [0.25, 0.3) is 0 Å². The van der Waals surface area contributed by atoms with Crippen LogP contribution in [0.3, 0.4) is 0 Å². The third kappa shape index (κ3) is 6.37. The predicted octanol–water partition coefficient (Wildman–Crippen LogP) is 12.3. The van der Waals surface area contributed by atoms with Gasteiger partial charge < -0.3 is 0 Å². The van der Waals surface area contributed by atoms with E-state index in [1.54, 1.807) is 0 Å². The van der Waals surface area contributed by atoms with Crippen molar-refractivity contribution < 1.29 is 10.2 Å². The Morgan fingerprint density at radius 1 is 0.404 bits per heavy atom. The Morgan fingerprint density at radius 3 is 0.745 bits per heavy atom. The summed E-state index contributed by atoms with van der Waals surface area (Å²) in [4.78, 5) is 0. The first kappa shape index (κ1) is 43.1. The Morgan fingerprint density at radius 2 is 0.596 bits per heavy atom. The van der Waals surface area contributed by atoms with Gasteiger partial charge in [-0.25, -0.2) is 0 Å². The van der Waals surface area contributed by atoms with Gasteiger partial charge in [-0.3, -0.25) is 0 Å². The molecule has 0 aromatic heterocycles. The van der Waals surface area contributed by atoms with Gasteiger partial charge in [0.05, 0.1) is 0 Å². The molecule has 0 aliphatic heterocycles. The van der Waals surface area contributed by atoms with E-state index in [4.69, 9.17) is 0 Å². The van der Waals surface area contributed by atoms with Crippen molar-refractivity contribution in [3.63, 3.8) is 0 Å². The molecule has 0 aromatic rings. The van der Waals surface area contributed by atoms with Gasteiger partial charge in [-0.2, -0.15) is 0 Å². The second kappa shape index (κ2) is 11.7. The third-order valence-electron chi connectivity index (χ3n) is 14.3. The van der Waals surface area contributed by atoms with Gasteiger partial charge in [0, 0.05) is 0 Å². The Hall–Kier alpha value is -0.0805. The van der Waals surface area contributed by atoms with Crippen LogP contribution in [0.4, 0.5) is 0 Å². The van der Waals surface area contributed by atoms with Crippen LogP contribution in [0.5, 0.6) is 0 Å². The van der Waals surface area contributed by atoms with Crippen LogP contribution in [0, 0.1) is 65.0 Å². The summed E-state index contributed by atoms with van der Waals surface area (Å²) in [6.07, 6.45) is 5.75. The van der Waals surface area contributed by atoms with E-state index in [0.29, 0.717) is 0 Å². The van der Waals surface area contributed by atoms with Gasteiger partial charge in [0.2, 0.25) is 0 Å². The van der Waals surface area contributed by atoms with Gasteiger partial charge in [0.15, 0.2) is 0 Å². The molecule has 0 aromatic carbocycles. The number of hydrogen-bond donors (Lipinski definition) is 2. The Balaban J connectivity index is 3.26. The Bertz CT molecular complexity index is 1050. The van der Waals surface area contributed by atoms with Crippen LogP contribution >= 0.6 is 0 Å². The minimum absolute atomic E-state index is 0.0464. The SMILES string of the molecule is CC(C)(C)C1(C(C)(C)C)C=C([Se]C2=CC(C(C)(C)C)(C(C)(C)C)CC(C(C)(C)C)(C(C)(C)C)C2O)C(O)C(C(C)(C)C)(C(C)(C)C)C1. The van der Waals surface area contributed by atoms with Crippen molar-refractivity contribution in [2.24, 2.45) is 65.0 Å². The summed E-state index contributed by atoms with van der Waals surface area (Å²) in [5.41, 5.74) is -1.96. The van der Waals surface area contributed by atoms with Gasteiger partial charge in [-0.15, -0.1) is 0 Å². The average molecular weight is 722 g/mol. The molecule has 0 saturated carbocycles. The molecular formula is C44H82O2Se. The number of aliphatic hydroxyl groups is 2. The number of hydrogen-bond acceptors (Lipinski definition) is 2. The molecule has 2 N–H and O–H groups in total. The molecule has 0 saturated heterocycles. The number of allylic oxidation sites excluding steroid dienone is 2. The fraction of sp³-hybridized carbons (Fsp3) is 0.909. The topological polar surface area (TPSA) is 40.5 Å². The van der Waals surface area contributed by atoms with Crippen molar-refractivity contribution in [2.75, 3.05) is 0 Å². The fourth-order valence-corrected chi connectivity index (χ4v) is 14.7. The molecule has 0 heterocycles. The van der Waals surface area contributed by atoms with Crippen LogP contribution in [0.1, 0.15) is 179 Å². The van der Waals surface area contributed by atoms with Gasteiger partial charge in [-0.05, 0) is 0 Å². The van der Waals surface area contributed by atoms with E-state index in [9.17, 15) is 10.2 Å². The van der Waals surface area contributed by atoms with Crippen molar-refractivity contribution >= 4 is 15.0 Å². The summed E-state index contributed by atoms with van der Waals surface area (Å²) < 4.78 is 2.33. The summed E-state index contributed by atoms with van der Waals surface area (Å²) >= 11 is -0.257. The van der Waals surface area contributed by atoms with Crippen LogP contribution < -0.4 is 0 Å². The molecule has 2 atom stereocenters. The zero-order chi connectivity index (χ0) is 37.8. The first-order valence-corrected chi connectivity index (χ1v) is 20.4.